The average Bonchev–Trinajstić information content (AvgIpc) is 3.06. The topological polar surface area (TPSA) is 94.1 Å². The minimum absolute atomic E-state index is 0.0163. The summed E-state index contributed by atoms with van der Waals surface area (Å²) in [5, 5.41) is 0. The highest BCUT2D eigenvalue weighted by molar-refractivity contribution is 7.45. The van der Waals surface area contributed by atoms with Crippen molar-refractivity contribution in [3.8, 4) is 0 Å². The molecule has 296 valence electrons. The molecule has 0 heterocycles. The van der Waals surface area contributed by atoms with Crippen LogP contribution in [0.4, 0.5) is 0 Å². The van der Waals surface area contributed by atoms with Crippen LogP contribution in [0.15, 0.2) is 24.5 Å². The summed E-state index contributed by atoms with van der Waals surface area (Å²) in [7, 11) is 1.32. The van der Waals surface area contributed by atoms with Gasteiger partial charge in [0, 0.05) is 6.42 Å². The molecule has 0 spiro atoms. The molecule has 0 saturated carbocycles. The lowest BCUT2D eigenvalue weighted by Gasteiger charge is -2.28. The van der Waals surface area contributed by atoms with Gasteiger partial charge in [0.15, 0.2) is 6.10 Å². The summed E-state index contributed by atoms with van der Waals surface area (Å²) in [6.07, 6.45) is 38.5. The van der Waals surface area contributed by atoms with Gasteiger partial charge in [0.1, 0.15) is 19.8 Å². The van der Waals surface area contributed by atoms with Crippen molar-refractivity contribution in [1.29, 1.82) is 0 Å². The van der Waals surface area contributed by atoms with Crippen molar-refractivity contribution < 1.29 is 37.3 Å². The minimum atomic E-state index is -4.53. The fourth-order valence-electron chi connectivity index (χ4n) is 5.56. The number of hydrogen-bond acceptors (Lipinski definition) is 7. The molecule has 0 aromatic heterocycles. The van der Waals surface area contributed by atoms with Gasteiger partial charge in [-0.25, -0.2) is 0 Å². The molecule has 0 saturated heterocycles. The minimum Gasteiger partial charge on any atom is -0.756 e. The van der Waals surface area contributed by atoms with E-state index in [4.69, 9.17) is 18.5 Å². The first-order chi connectivity index (χ1) is 24.1. The number of quaternary nitrogens is 1. The van der Waals surface area contributed by atoms with Gasteiger partial charge in [-0.3, -0.25) is 9.36 Å². The first kappa shape index (κ1) is 48.8. The zero-order chi connectivity index (χ0) is 37.0. The number of phosphoric ester groups is 1. The maximum absolute atomic E-state index is 12.6. The second-order valence-corrected chi connectivity index (χ2v) is 16.5. The number of nitrogens with zero attached hydrogens (tertiary/aromatic N) is 1. The van der Waals surface area contributed by atoms with Crippen molar-refractivity contribution in [2.45, 2.75) is 187 Å². The van der Waals surface area contributed by atoms with E-state index in [1.807, 2.05) is 27.2 Å². The van der Waals surface area contributed by atoms with E-state index in [-0.39, 0.29) is 32.2 Å². The standard InChI is InChI=1S/C41H80NO7P/c1-6-8-10-12-14-16-18-20-21-22-23-25-27-29-31-33-36-46-38-40(39-48-50(44,45)47-37-35-42(3,4)5)49-41(43)34-32-30-28-26-24-19-17-15-13-11-9-7-2/h15,17,33,36,40H,6-14,16,18-32,34-35,37-39H2,1-5H3/b17-15-,36-33-/t40-/m1/s1. The van der Waals surface area contributed by atoms with E-state index in [0.717, 1.165) is 44.9 Å². The van der Waals surface area contributed by atoms with Crippen LogP contribution in [0.3, 0.4) is 0 Å². The molecular weight excluding hydrogens is 649 g/mol. The first-order valence-electron chi connectivity index (χ1n) is 20.6. The number of ether oxygens (including phenoxy) is 2. The maximum Gasteiger partial charge on any atom is 0.306 e. The highest BCUT2D eigenvalue weighted by Gasteiger charge is 2.20. The van der Waals surface area contributed by atoms with Gasteiger partial charge in [0.05, 0.1) is 34.0 Å². The highest BCUT2D eigenvalue weighted by Crippen LogP contribution is 2.38. The molecule has 2 atom stereocenters. The molecule has 0 bridgehead atoms. The van der Waals surface area contributed by atoms with E-state index >= 15 is 0 Å². The molecule has 0 N–H and O–H groups in total. The number of carbonyl (C=O) groups is 1. The smallest absolute Gasteiger partial charge is 0.306 e. The second-order valence-electron chi connectivity index (χ2n) is 15.1. The van der Waals surface area contributed by atoms with Crippen molar-refractivity contribution >= 4 is 13.8 Å². The lowest BCUT2D eigenvalue weighted by atomic mass is 10.0. The third kappa shape index (κ3) is 38.1. The summed E-state index contributed by atoms with van der Waals surface area (Å²) in [5.74, 6) is -0.365. The van der Waals surface area contributed by atoms with Crippen LogP contribution >= 0.6 is 7.82 Å². The van der Waals surface area contributed by atoms with Gasteiger partial charge in [-0.2, -0.15) is 0 Å². The lowest BCUT2D eigenvalue weighted by molar-refractivity contribution is -0.870. The lowest BCUT2D eigenvalue weighted by Crippen LogP contribution is -2.37. The fraction of sp³-hybridized carbons (Fsp3) is 0.878. The molecule has 0 aliphatic carbocycles. The van der Waals surface area contributed by atoms with Crippen LogP contribution in [0.5, 0.6) is 0 Å². The molecule has 0 aromatic rings. The number of allylic oxidation sites excluding steroid dienone is 3. The van der Waals surface area contributed by atoms with Crippen molar-refractivity contribution in [2.75, 3.05) is 47.5 Å². The van der Waals surface area contributed by atoms with Gasteiger partial charge >= 0.3 is 5.97 Å². The molecule has 50 heavy (non-hydrogen) atoms. The monoisotopic (exact) mass is 730 g/mol. The molecule has 0 amide bonds. The van der Waals surface area contributed by atoms with Gasteiger partial charge in [-0.15, -0.1) is 0 Å². The van der Waals surface area contributed by atoms with Crippen molar-refractivity contribution in [1.82, 2.24) is 0 Å². The van der Waals surface area contributed by atoms with Gasteiger partial charge in [-0.1, -0.05) is 142 Å². The van der Waals surface area contributed by atoms with E-state index in [1.165, 1.54) is 116 Å². The van der Waals surface area contributed by atoms with Crippen LogP contribution < -0.4 is 4.89 Å². The number of phosphoric acid groups is 1. The summed E-state index contributed by atoms with van der Waals surface area (Å²) in [4.78, 5) is 24.9. The average molecular weight is 730 g/mol. The van der Waals surface area contributed by atoms with E-state index in [0.29, 0.717) is 11.0 Å². The quantitative estimate of drug-likeness (QED) is 0.0156. The number of esters is 1. The van der Waals surface area contributed by atoms with E-state index in [2.05, 4.69) is 26.0 Å². The normalized spacial score (nSPS) is 14.0. The van der Waals surface area contributed by atoms with Crippen molar-refractivity contribution in [3.63, 3.8) is 0 Å². The number of likely N-dealkylation sites (N-methyl/N-ethyl adjacent to an activating group) is 1. The first-order valence-corrected chi connectivity index (χ1v) is 22.1. The van der Waals surface area contributed by atoms with E-state index in [1.54, 1.807) is 6.26 Å². The molecule has 0 aliphatic heterocycles. The summed E-state index contributed by atoms with van der Waals surface area (Å²) >= 11 is 0. The Kier molecular flexibility index (Phi) is 34.1. The Morgan fingerprint density at radius 1 is 0.620 bits per heavy atom. The van der Waals surface area contributed by atoms with Crippen molar-refractivity contribution in [3.05, 3.63) is 24.5 Å². The molecule has 8 nitrogen and oxygen atoms in total. The van der Waals surface area contributed by atoms with Crippen LogP contribution in [0, 0.1) is 0 Å². The van der Waals surface area contributed by atoms with E-state index in [9.17, 15) is 14.3 Å². The zero-order valence-corrected chi connectivity index (χ0v) is 34.2. The second kappa shape index (κ2) is 34.9. The maximum atomic E-state index is 12.6. The Morgan fingerprint density at radius 2 is 1.06 bits per heavy atom. The molecule has 9 heteroatoms. The summed E-state index contributed by atoms with van der Waals surface area (Å²) in [5.41, 5.74) is 0. The van der Waals surface area contributed by atoms with Crippen LogP contribution in [0.1, 0.15) is 181 Å². The molecule has 0 aromatic carbocycles. The Labute approximate surface area is 309 Å². The Morgan fingerprint density at radius 3 is 1.58 bits per heavy atom. The molecular formula is C41H80NO7P. The van der Waals surface area contributed by atoms with Gasteiger partial charge in [0.25, 0.3) is 7.82 Å². The largest absolute Gasteiger partial charge is 0.756 e. The third-order valence-corrected chi connectivity index (χ3v) is 9.78. The Hall–Kier alpha value is -1.18. The number of rotatable bonds is 38. The number of carbonyl (C=O) groups excluding carboxylic acids is 1. The molecule has 0 radical (unpaired) electrons. The molecule has 1 unspecified atom stereocenters. The fourth-order valence-corrected chi connectivity index (χ4v) is 6.29. The summed E-state index contributed by atoms with van der Waals surface area (Å²) in [6.45, 7) is 4.71. The Bertz CT molecular complexity index is 858. The highest BCUT2D eigenvalue weighted by atomic mass is 31.2. The van der Waals surface area contributed by atoms with Gasteiger partial charge in [0.2, 0.25) is 0 Å². The van der Waals surface area contributed by atoms with Crippen LogP contribution in [-0.4, -0.2) is 64.1 Å². The SMILES string of the molecule is CCCCC/C=C\CCCCCCCC(=O)O[C@H](CO/C=C\CCCCCCCCCCCCCCCC)COP(=O)([O-])OCC[N+](C)(C)C. The summed E-state index contributed by atoms with van der Waals surface area (Å²) < 4.78 is 34.2. The number of unbranched alkanes of at least 4 members (excludes halogenated alkanes) is 22. The third-order valence-electron chi connectivity index (χ3n) is 8.82. The molecule has 0 aliphatic rings. The van der Waals surface area contributed by atoms with Gasteiger partial charge in [-0.05, 0) is 51.0 Å². The van der Waals surface area contributed by atoms with Crippen LogP contribution in [0.2, 0.25) is 0 Å². The zero-order valence-electron chi connectivity index (χ0n) is 33.4. The van der Waals surface area contributed by atoms with Gasteiger partial charge < -0.3 is 27.9 Å². The predicted octanol–water partition coefficient (Wildman–Crippen LogP) is 11.4. The van der Waals surface area contributed by atoms with Crippen LogP contribution in [-0.2, 0) is 27.9 Å². The predicted molar refractivity (Wildman–Crippen MR) is 208 cm³/mol. The summed E-state index contributed by atoms with van der Waals surface area (Å²) in [6, 6.07) is 0. The number of hydrogen-bond donors (Lipinski definition) is 0. The van der Waals surface area contributed by atoms with Crippen molar-refractivity contribution in [2.24, 2.45) is 0 Å². The molecule has 0 rings (SSSR count). The Balaban J connectivity index is 4.31. The van der Waals surface area contributed by atoms with E-state index < -0.39 is 13.9 Å². The van der Waals surface area contributed by atoms with Crippen LogP contribution in [0.25, 0.3) is 0 Å². The molecule has 0 fully saturated rings.